The fourth-order valence-electron chi connectivity index (χ4n) is 2.04. The molecular formula is C18H25NO3. The van der Waals surface area contributed by atoms with Crippen LogP contribution in [0.5, 0.6) is 5.75 Å². The number of benzene rings is 1. The third kappa shape index (κ3) is 4.95. The summed E-state index contributed by atoms with van der Waals surface area (Å²) in [6, 6.07) is 3.84. The molecule has 0 spiro atoms. The minimum absolute atomic E-state index is 0.377. The van der Waals surface area contributed by atoms with Gasteiger partial charge in [0.15, 0.2) is 0 Å². The van der Waals surface area contributed by atoms with Crippen molar-refractivity contribution in [2.24, 2.45) is 0 Å². The van der Waals surface area contributed by atoms with Crippen LogP contribution in [0.3, 0.4) is 0 Å². The van der Waals surface area contributed by atoms with Gasteiger partial charge in [0.1, 0.15) is 5.75 Å². The maximum absolute atomic E-state index is 11.4. The molecule has 0 fully saturated rings. The van der Waals surface area contributed by atoms with Gasteiger partial charge < -0.3 is 15.2 Å². The van der Waals surface area contributed by atoms with E-state index < -0.39 is 0 Å². The third-order valence-electron chi connectivity index (χ3n) is 3.21. The van der Waals surface area contributed by atoms with Gasteiger partial charge in [-0.2, -0.15) is 0 Å². The SMILES string of the molecule is CC=CCc1cc(C(C)=CC(=O)OC)cc(N)c1OCCC. The maximum atomic E-state index is 11.4. The van der Waals surface area contributed by atoms with Crippen LogP contribution in [0.4, 0.5) is 5.69 Å². The highest BCUT2D eigenvalue weighted by Crippen LogP contribution is 2.32. The lowest BCUT2D eigenvalue weighted by molar-refractivity contribution is -0.134. The van der Waals surface area contributed by atoms with Crippen LogP contribution < -0.4 is 10.5 Å². The van der Waals surface area contributed by atoms with Gasteiger partial charge in [-0.3, -0.25) is 0 Å². The molecule has 0 amide bonds. The van der Waals surface area contributed by atoms with Crippen molar-refractivity contribution >= 4 is 17.2 Å². The lowest BCUT2D eigenvalue weighted by Crippen LogP contribution is -2.04. The Morgan fingerprint density at radius 3 is 2.68 bits per heavy atom. The Morgan fingerprint density at radius 1 is 1.36 bits per heavy atom. The fraction of sp³-hybridized carbons (Fsp3) is 0.389. The predicted molar refractivity (Wildman–Crippen MR) is 90.8 cm³/mol. The molecule has 0 saturated heterocycles. The van der Waals surface area contributed by atoms with Gasteiger partial charge in [-0.15, -0.1) is 0 Å². The first-order valence-electron chi connectivity index (χ1n) is 7.46. The van der Waals surface area contributed by atoms with Gasteiger partial charge in [-0.05, 0) is 50.0 Å². The Hall–Kier alpha value is -2.23. The molecular weight excluding hydrogens is 278 g/mol. The van der Waals surface area contributed by atoms with Gasteiger partial charge in [0.2, 0.25) is 0 Å². The summed E-state index contributed by atoms with van der Waals surface area (Å²) < 4.78 is 10.4. The molecule has 120 valence electrons. The number of rotatable bonds is 7. The molecule has 0 unspecified atom stereocenters. The number of nitrogen functional groups attached to an aromatic ring is 1. The Bertz CT molecular complexity index is 574. The van der Waals surface area contributed by atoms with E-state index in [4.69, 9.17) is 10.5 Å². The molecule has 0 aliphatic heterocycles. The van der Waals surface area contributed by atoms with Crippen molar-refractivity contribution < 1.29 is 14.3 Å². The monoisotopic (exact) mass is 303 g/mol. The zero-order valence-electron chi connectivity index (χ0n) is 13.8. The van der Waals surface area contributed by atoms with Crippen molar-refractivity contribution in [3.63, 3.8) is 0 Å². The zero-order valence-corrected chi connectivity index (χ0v) is 13.8. The van der Waals surface area contributed by atoms with Crippen LogP contribution in [-0.2, 0) is 16.0 Å². The lowest BCUT2D eigenvalue weighted by atomic mass is 10.00. The summed E-state index contributed by atoms with van der Waals surface area (Å²) in [5.74, 6) is 0.354. The van der Waals surface area contributed by atoms with Crippen LogP contribution in [0, 0.1) is 0 Å². The predicted octanol–water partition coefficient (Wildman–Crippen LogP) is 3.75. The molecule has 4 heteroatoms. The second kappa shape index (κ2) is 8.93. The van der Waals surface area contributed by atoms with E-state index in [9.17, 15) is 4.79 Å². The van der Waals surface area contributed by atoms with Crippen molar-refractivity contribution in [1.29, 1.82) is 0 Å². The molecule has 1 aromatic rings. The minimum atomic E-state index is -0.377. The molecule has 0 bridgehead atoms. The number of esters is 1. The quantitative estimate of drug-likeness (QED) is 0.361. The number of allylic oxidation sites excluding steroid dienone is 3. The normalized spacial score (nSPS) is 11.7. The molecule has 4 nitrogen and oxygen atoms in total. The third-order valence-corrected chi connectivity index (χ3v) is 3.21. The first kappa shape index (κ1) is 17.8. The second-order valence-corrected chi connectivity index (χ2v) is 5.03. The van der Waals surface area contributed by atoms with Crippen LogP contribution in [0.25, 0.3) is 5.57 Å². The first-order valence-corrected chi connectivity index (χ1v) is 7.46. The number of hydrogen-bond acceptors (Lipinski definition) is 4. The Morgan fingerprint density at radius 2 is 2.09 bits per heavy atom. The first-order chi connectivity index (χ1) is 10.5. The molecule has 0 radical (unpaired) electrons. The van der Waals surface area contributed by atoms with E-state index in [0.717, 1.165) is 35.3 Å². The molecule has 0 aliphatic carbocycles. The van der Waals surface area contributed by atoms with Gasteiger partial charge in [-0.25, -0.2) is 4.79 Å². The van der Waals surface area contributed by atoms with Crippen molar-refractivity contribution in [2.75, 3.05) is 19.5 Å². The van der Waals surface area contributed by atoms with Gasteiger partial charge >= 0.3 is 5.97 Å². The maximum Gasteiger partial charge on any atom is 0.330 e. The number of anilines is 1. The molecule has 22 heavy (non-hydrogen) atoms. The second-order valence-electron chi connectivity index (χ2n) is 5.03. The van der Waals surface area contributed by atoms with E-state index in [1.807, 2.05) is 32.1 Å². The van der Waals surface area contributed by atoms with Gasteiger partial charge in [0.25, 0.3) is 0 Å². The number of carbonyl (C=O) groups excluding carboxylic acids is 1. The van der Waals surface area contributed by atoms with Gasteiger partial charge in [0, 0.05) is 11.6 Å². The van der Waals surface area contributed by atoms with E-state index in [1.54, 1.807) is 0 Å². The standard InChI is InChI=1S/C18H25NO3/c1-5-7-8-14-11-15(13(3)10-17(20)21-4)12-16(19)18(14)22-9-6-2/h5,7,10-12H,6,8-9,19H2,1-4H3. The van der Waals surface area contributed by atoms with E-state index in [1.165, 1.54) is 13.2 Å². The van der Waals surface area contributed by atoms with E-state index in [-0.39, 0.29) is 5.97 Å². The van der Waals surface area contributed by atoms with Crippen LogP contribution in [-0.4, -0.2) is 19.7 Å². The number of ether oxygens (including phenoxy) is 2. The summed E-state index contributed by atoms with van der Waals surface area (Å²) in [4.78, 5) is 11.4. The zero-order chi connectivity index (χ0) is 16.5. The number of nitrogens with two attached hydrogens (primary N) is 1. The van der Waals surface area contributed by atoms with Crippen molar-refractivity contribution in [1.82, 2.24) is 0 Å². The van der Waals surface area contributed by atoms with Crippen LogP contribution in [0.2, 0.25) is 0 Å². The van der Waals surface area contributed by atoms with Crippen molar-refractivity contribution in [2.45, 2.75) is 33.6 Å². The largest absolute Gasteiger partial charge is 0.491 e. The van der Waals surface area contributed by atoms with Crippen LogP contribution in [0.15, 0.2) is 30.4 Å². The summed E-state index contributed by atoms with van der Waals surface area (Å²) >= 11 is 0. The lowest BCUT2D eigenvalue weighted by Gasteiger charge is -2.15. The van der Waals surface area contributed by atoms with Gasteiger partial charge in [-0.1, -0.05) is 19.1 Å². The summed E-state index contributed by atoms with van der Waals surface area (Å²) in [6.07, 6.45) is 7.16. The van der Waals surface area contributed by atoms with Crippen molar-refractivity contribution in [3.05, 3.63) is 41.5 Å². The molecule has 1 rings (SSSR count). The molecule has 0 atom stereocenters. The van der Waals surface area contributed by atoms with E-state index >= 15 is 0 Å². The Balaban J connectivity index is 3.24. The van der Waals surface area contributed by atoms with E-state index in [2.05, 4.69) is 17.7 Å². The average Bonchev–Trinajstić information content (AvgIpc) is 2.51. The highest BCUT2D eigenvalue weighted by Gasteiger charge is 2.11. The summed E-state index contributed by atoms with van der Waals surface area (Å²) in [7, 11) is 1.36. The molecule has 2 N–H and O–H groups in total. The van der Waals surface area contributed by atoms with Crippen LogP contribution >= 0.6 is 0 Å². The Kier molecular flexibility index (Phi) is 7.23. The fourth-order valence-corrected chi connectivity index (χ4v) is 2.04. The number of carbonyl (C=O) groups is 1. The highest BCUT2D eigenvalue weighted by atomic mass is 16.5. The topological polar surface area (TPSA) is 61.5 Å². The summed E-state index contributed by atoms with van der Waals surface area (Å²) in [5.41, 5.74) is 9.44. The molecule has 0 aliphatic rings. The molecule has 0 heterocycles. The number of hydrogen-bond donors (Lipinski definition) is 1. The smallest absolute Gasteiger partial charge is 0.330 e. The van der Waals surface area contributed by atoms with Crippen molar-refractivity contribution in [3.8, 4) is 5.75 Å². The minimum Gasteiger partial charge on any atom is -0.491 e. The highest BCUT2D eigenvalue weighted by molar-refractivity contribution is 5.91. The van der Waals surface area contributed by atoms with Crippen LogP contribution in [0.1, 0.15) is 38.3 Å². The Labute approximate surface area is 132 Å². The van der Waals surface area contributed by atoms with Gasteiger partial charge in [0.05, 0.1) is 19.4 Å². The summed E-state index contributed by atoms with van der Waals surface area (Å²) in [6.45, 7) is 6.52. The molecule has 0 aromatic heterocycles. The average molecular weight is 303 g/mol. The van der Waals surface area contributed by atoms with E-state index in [0.29, 0.717) is 12.3 Å². The molecule has 1 aromatic carbocycles. The summed E-state index contributed by atoms with van der Waals surface area (Å²) in [5, 5.41) is 0. The molecule has 0 saturated carbocycles. The number of methoxy groups -OCH3 is 1.